The molecule has 0 aliphatic carbocycles. The minimum atomic E-state index is -3.93. The van der Waals surface area contributed by atoms with Gasteiger partial charge in [0.05, 0.1) is 37.6 Å². The highest BCUT2D eigenvalue weighted by molar-refractivity contribution is 7.89. The molecular weight excluding hydrogens is 518 g/mol. The van der Waals surface area contributed by atoms with Crippen molar-refractivity contribution in [1.29, 1.82) is 0 Å². The second kappa shape index (κ2) is 14.8. The van der Waals surface area contributed by atoms with Crippen LogP contribution in [0.3, 0.4) is 0 Å². The number of carboxylic acid groups (broad SMARTS) is 4. The van der Waals surface area contributed by atoms with Gasteiger partial charge < -0.3 is 25.7 Å². The Morgan fingerprint density at radius 1 is 0.649 bits per heavy atom. The fourth-order valence-corrected chi connectivity index (χ4v) is 3.68. The number of carboxylic acids is 4. The summed E-state index contributed by atoms with van der Waals surface area (Å²) in [5, 5.41) is 43.6. The molecule has 0 spiro atoms. The molecule has 0 bridgehead atoms. The predicted octanol–water partition coefficient (Wildman–Crippen LogP) is -2.48. The Balaban J connectivity index is 2.95. The van der Waals surface area contributed by atoms with Gasteiger partial charge in [0.2, 0.25) is 15.9 Å². The van der Waals surface area contributed by atoms with E-state index < -0.39 is 66.0 Å². The van der Waals surface area contributed by atoms with Crippen molar-refractivity contribution in [2.75, 3.05) is 64.2 Å². The Labute approximate surface area is 211 Å². The minimum absolute atomic E-state index is 0.00762. The van der Waals surface area contributed by atoms with Gasteiger partial charge >= 0.3 is 23.9 Å². The molecule has 0 fully saturated rings. The number of hydrogen-bond donors (Lipinski definition) is 6. The first-order valence-electron chi connectivity index (χ1n) is 10.6. The molecular formula is C20H29N5O11S. The van der Waals surface area contributed by atoms with Crippen molar-refractivity contribution < 1.29 is 52.8 Å². The summed E-state index contributed by atoms with van der Waals surface area (Å²) in [4.78, 5) is 60.3. The van der Waals surface area contributed by atoms with Crippen LogP contribution in [0.1, 0.15) is 0 Å². The Morgan fingerprint density at radius 3 is 1.32 bits per heavy atom. The lowest BCUT2D eigenvalue weighted by molar-refractivity contribution is -0.143. The van der Waals surface area contributed by atoms with Gasteiger partial charge in [-0.15, -0.1) is 0 Å². The van der Waals surface area contributed by atoms with Gasteiger partial charge in [0.15, 0.2) is 0 Å². The SMILES string of the molecule is NS(=O)(=O)c1ccc(NC(=O)CN(CCN(CC(=O)O)CC(=O)O)CCN(CC(=O)O)CC(=O)O)cc1. The second-order valence-electron chi connectivity index (χ2n) is 7.89. The van der Waals surface area contributed by atoms with Crippen molar-refractivity contribution in [1.82, 2.24) is 14.7 Å². The lowest BCUT2D eigenvalue weighted by atomic mass is 10.3. The first kappa shape index (κ1) is 31.4. The maximum atomic E-state index is 12.6. The summed E-state index contributed by atoms with van der Waals surface area (Å²) in [5.74, 6) is -5.62. The van der Waals surface area contributed by atoms with E-state index in [1.807, 2.05) is 0 Å². The Morgan fingerprint density at radius 2 is 1.00 bits per heavy atom. The number of carbonyl (C=O) groups is 5. The van der Waals surface area contributed by atoms with Crippen molar-refractivity contribution >= 4 is 45.5 Å². The second-order valence-corrected chi connectivity index (χ2v) is 9.45. The van der Waals surface area contributed by atoms with Crippen LogP contribution in [0, 0.1) is 0 Å². The zero-order chi connectivity index (χ0) is 28.2. The number of aliphatic carboxylic acids is 4. The average Bonchev–Trinajstić information content (AvgIpc) is 2.73. The lowest BCUT2D eigenvalue weighted by Gasteiger charge is -2.28. The molecule has 1 aromatic rings. The highest BCUT2D eigenvalue weighted by Crippen LogP contribution is 2.12. The van der Waals surface area contributed by atoms with Crippen LogP contribution >= 0.6 is 0 Å². The first-order chi connectivity index (χ1) is 17.1. The van der Waals surface area contributed by atoms with Crippen LogP contribution in [0.2, 0.25) is 0 Å². The molecule has 1 amide bonds. The van der Waals surface area contributed by atoms with Crippen molar-refractivity contribution in [3.63, 3.8) is 0 Å². The molecule has 0 radical (unpaired) electrons. The quantitative estimate of drug-likeness (QED) is 0.111. The lowest BCUT2D eigenvalue weighted by Crippen LogP contribution is -2.46. The number of nitrogens with two attached hydrogens (primary N) is 1. The van der Waals surface area contributed by atoms with Crippen molar-refractivity contribution in [2.45, 2.75) is 4.90 Å². The smallest absolute Gasteiger partial charge is 0.317 e. The number of primary sulfonamides is 1. The molecule has 0 heterocycles. The highest BCUT2D eigenvalue weighted by atomic mass is 32.2. The van der Waals surface area contributed by atoms with Crippen LogP contribution in [0.4, 0.5) is 5.69 Å². The van der Waals surface area contributed by atoms with E-state index >= 15 is 0 Å². The van der Waals surface area contributed by atoms with E-state index in [2.05, 4.69) is 5.32 Å². The zero-order valence-corrected chi connectivity index (χ0v) is 20.5. The van der Waals surface area contributed by atoms with Crippen molar-refractivity contribution in [3.05, 3.63) is 24.3 Å². The van der Waals surface area contributed by atoms with Gasteiger partial charge in [-0.1, -0.05) is 0 Å². The van der Waals surface area contributed by atoms with E-state index in [-0.39, 0.29) is 43.3 Å². The largest absolute Gasteiger partial charge is 0.480 e. The molecule has 16 nitrogen and oxygen atoms in total. The molecule has 0 aliphatic heterocycles. The molecule has 206 valence electrons. The van der Waals surface area contributed by atoms with Crippen LogP contribution in [0.5, 0.6) is 0 Å². The fourth-order valence-electron chi connectivity index (χ4n) is 3.16. The van der Waals surface area contributed by atoms with Crippen LogP contribution in [-0.4, -0.2) is 132 Å². The van der Waals surface area contributed by atoms with Gasteiger partial charge in [0, 0.05) is 31.9 Å². The number of hydrogen-bond acceptors (Lipinski definition) is 10. The van der Waals surface area contributed by atoms with Gasteiger partial charge in [0.1, 0.15) is 0 Å². The number of nitrogens with one attached hydrogen (secondary N) is 1. The molecule has 1 rings (SSSR count). The Kier molecular flexibility index (Phi) is 12.6. The third kappa shape index (κ3) is 13.9. The normalized spacial score (nSPS) is 11.6. The van der Waals surface area contributed by atoms with E-state index in [1.54, 1.807) is 0 Å². The number of amides is 1. The summed E-state index contributed by atoms with van der Waals surface area (Å²) in [6.45, 7) is -2.78. The fraction of sp³-hybridized carbons (Fsp3) is 0.450. The van der Waals surface area contributed by atoms with Crippen molar-refractivity contribution in [3.8, 4) is 0 Å². The molecule has 17 heteroatoms. The molecule has 0 atom stereocenters. The summed E-state index contributed by atoms with van der Waals surface area (Å²) < 4.78 is 22.7. The monoisotopic (exact) mass is 547 g/mol. The first-order valence-corrected chi connectivity index (χ1v) is 12.2. The molecule has 0 unspecified atom stereocenters. The topological polar surface area (TPSA) is 248 Å². The molecule has 37 heavy (non-hydrogen) atoms. The van der Waals surface area contributed by atoms with E-state index in [4.69, 9.17) is 25.6 Å². The average molecular weight is 548 g/mol. The summed E-state index contributed by atoms with van der Waals surface area (Å²) >= 11 is 0. The van der Waals surface area contributed by atoms with Gasteiger partial charge in [-0.3, -0.25) is 38.7 Å². The molecule has 0 saturated heterocycles. The van der Waals surface area contributed by atoms with Gasteiger partial charge in [-0.05, 0) is 24.3 Å². The summed E-state index contributed by atoms with van der Waals surface area (Å²) in [7, 11) is -3.93. The number of benzene rings is 1. The maximum absolute atomic E-state index is 12.6. The van der Waals surface area contributed by atoms with Crippen molar-refractivity contribution in [2.24, 2.45) is 5.14 Å². The van der Waals surface area contributed by atoms with E-state index in [0.717, 1.165) is 9.80 Å². The summed E-state index contributed by atoms with van der Waals surface area (Å²) in [6.07, 6.45) is 0. The molecule has 0 aromatic heterocycles. The summed E-state index contributed by atoms with van der Waals surface area (Å²) in [5.41, 5.74) is 0.245. The number of rotatable bonds is 18. The number of anilines is 1. The molecule has 1 aromatic carbocycles. The number of nitrogens with zero attached hydrogens (tertiary/aromatic N) is 3. The van der Waals surface area contributed by atoms with Crippen LogP contribution in [0.25, 0.3) is 0 Å². The Bertz CT molecular complexity index is 1010. The van der Waals surface area contributed by atoms with Crippen LogP contribution in [0.15, 0.2) is 29.2 Å². The van der Waals surface area contributed by atoms with Gasteiger partial charge in [-0.25, -0.2) is 13.6 Å². The molecule has 0 aliphatic rings. The summed E-state index contributed by atoms with van der Waals surface area (Å²) in [6, 6.07) is 5.00. The highest BCUT2D eigenvalue weighted by Gasteiger charge is 2.20. The van der Waals surface area contributed by atoms with E-state index in [1.165, 1.54) is 29.2 Å². The number of carbonyl (C=O) groups excluding carboxylic acids is 1. The van der Waals surface area contributed by atoms with E-state index in [9.17, 15) is 32.4 Å². The maximum Gasteiger partial charge on any atom is 0.317 e. The molecule has 7 N–H and O–H groups in total. The standard InChI is InChI=1S/C20H29N5O11S/c21-37(35,36)15-3-1-14(2-4-15)22-16(26)9-23(5-7-24(10-17(27)28)11-18(29)30)6-8-25(12-19(31)32)13-20(33)34/h1-4H,5-13H2,(H,22,26)(H,27,28)(H,29,30)(H,31,32)(H,33,34)(H2,21,35,36). The minimum Gasteiger partial charge on any atom is -0.480 e. The van der Waals surface area contributed by atoms with Gasteiger partial charge in [0.25, 0.3) is 0 Å². The van der Waals surface area contributed by atoms with Crippen LogP contribution in [-0.2, 0) is 34.0 Å². The number of sulfonamides is 1. The van der Waals surface area contributed by atoms with Crippen LogP contribution < -0.4 is 10.5 Å². The third-order valence-corrected chi connectivity index (χ3v) is 5.66. The molecule has 0 saturated carbocycles. The zero-order valence-electron chi connectivity index (χ0n) is 19.6. The van der Waals surface area contributed by atoms with E-state index in [0.29, 0.717) is 0 Å². The predicted molar refractivity (Wildman–Crippen MR) is 126 cm³/mol. The Hall–Kier alpha value is -3.64. The third-order valence-electron chi connectivity index (χ3n) is 4.73. The van der Waals surface area contributed by atoms with Gasteiger partial charge in [-0.2, -0.15) is 0 Å².